The molecule has 0 radical (unpaired) electrons. The molecule has 19 atom stereocenters. The second kappa shape index (κ2) is 27.6. The van der Waals surface area contributed by atoms with Crippen LogP contribution in [-0.4, -0.2) is 166 Å². The van der Waals surface area contributed by atoms with Crippen molar-refractivity contribution >= 4 is 11.9 Å². The van der Waals surface area contributed by atoms with Crippen molar-refractivity contribution in [3.63, 3.8) is 0 Å². The standard InChI is InChI=1S/C47H75NO17/c1-27-17-15-13-11-9-7-5-6-8-10-12-14-16-18-34(64-46-44(58)41(48)43(57)30(4)63-46)24-38-40(45(59)60)37(54)26-47(61,65-38)25-36(53)35(52)20-19-31(49)21-32(50)22-33(51)23-39(55)62-29(3)28(2)42(27)56/h5-6,8,10-18,27-38,40-44,46,49-54,56-58,61H,7,9,19-26,48H2,1-4H3,(H,59,60)/b6-5+,10-8+,13-11+,14-12+,17-15+,18-16+/t27-,28+,29-,30-,31+,32+,33+,34+,35-,36+,37-,38-,40-,41+,42-,43+,44+,46+,47+/m1/s1. The predicted octanol–water partition coefficient (Wildman–Crippen LogP) is 0.936. The van der Waals surface area contributed by atoms with Crippen molar-refractivity contribution < 1.29 is 84.7 Å². The van der Waals surface area contributed by atoms with Gasteiger partial charge in [0, 0.05) is 31.1 Å². The maximum atomic E-state index is 12.6. The number of cyclic esters (lactones) is 1. The van der Waals surface area contributed by atoms with E-state index in [9.17, 15) is 65.8 Å². The van der Waals surface area contributed by atoms with Gasteiger partial charge in [0.05, 0.1) is 79.6 Å². The molecule has 0 aromatic rings. The lowest BCUT2D eigenvalue weighted by Gasteiger charge is -2.45. The SMILES string of the molecule is C[C@@H]1[C@H](O)[C@H](C)/C=C/C=C/CC/C=C/C=C/C=C/C=C/[C@H](O[C@@H]2O[C@H](C)[C@H](O)[C@H](N)[C@@H]2O)C[C@H]2O[C@](O)(C[C@@H](O)[C@H]2C(=O)O)C[C@H](O)[C@H](O)CC[C@H](O)C[C@H](O)C[C@H](O)CC(=O)O[C@@H]1C. The van der Waals surface area contributed by atoms with Crippen molar-refractivity contribution in [2.45, 2.75) is 189 Å². The minimum Gasteiger partial charge on any atom is -0.481 e. The van der Waals surface area contributed by atoms with Gasteiger partial charge in [0.2, 0.25) is 0 Å². The zero-order chi connectivity index (χ0) is 48.4. The lowest BCUT2D eigenvalue weighted by molar-refractivity contribution is -0.310. The quantitative estimate of drug-likeness (QED) is 0.175. The predicted molar refractivity (Wildman–Crippen MR) is 237 cm³/mol. The zero-order valence-corrected chi connectivity index (χ0v) is 37.8. The van der Waals surface area contributed by atoms with Crippen LogP contribution < -0.4 is 5.73 Å². The summed E-state index contributed by atoms with van der Waals surface area (Å²) in [7, 11) is 0. The molecule has 0 aromatic carbocycles. The average Bonchev–Trinajstić information content (AvgIpc) is 3.21. The number of hydrogen-bond donors (Lipinski definition) is 12. The molecule has 0 aliphatic carbocycles. The van der Waals surface area contributed by atoms with E-state index in [-0.39, 0.29) is 38.0 Å². The molecule has 13 N–H and O–H groups in total. The molecule has 0 amide bonds. The second-order valence-corrected chi connectivity index (χ2v) is 17.8. The first kappa shape index (κ1) is 56.1. The number of hydrogen-bond acceptors (Lipinski definition) is 17. The third-order valence-corrected chi connectivity index (χ3v) is 12.2. The molecule has 18 heteroatoms. The van der Waals surface area contributed by atoms with Gasteiger partial charge in [-0.15, -0.1) is 0 Å². The number of aliphatic hydroxyl groups is 10. The Hall–Kier alpha value is -3.18. The number of fused-ring (bicyclic) bond motifs is 2. The Balaban J connectivity index is 1.84. The number of allylic oxidation sites excluding steroid dienone is 10. The summed E-state index contributed by atoms with van der Waals surface area (Å²) < 4.78 is 23.2. The van der Waals surface area contributed by atoms with Gasteiger partial charge >= 0.3 is 11.9 Å². The Morgan fingerprint density at radius 1 is 0.692 bits per heavy atom. The molecule has 18 nitrogen and oxygen atoms in total. The second-order valence-electron chi connectivity index (χ2n) is 17.8. The van der Waals surface area contributed by atoms with Crippen molar-refractivity contribution in [2.75, 3.05) is 0 Å². The molecule has 3 aliphatic heterocycles. The summed E-state index contributed by atoms with van der Waals surface area (Å²) in [6.45, 7) is 6.78. The van der Waals surface area contributed by atoms with Crippen LogP contribution in [0.2, 0.25) is 0 Å². The Morgan fingerprint density at radius 3 is 1.94 bits per heavy atom. The molecule has 0 aromatic heterocycles. The van der Waals surface area contributed by atoms with Gasteiger partial charge in [-0.2, -0.15) is 0 Å². The van der Waals surface area contributed by atoms with E-state index >= 15 is 0 Å². The molecule has 2 saturated heterocycles. The molecule has 3 aliphatic rings. The summed E-state index contributed by atoms with van der Waals surface area (Å²) in [5.41, 5.74) is 6.02. The third kappa shape index (κ3) is 18.8. The molecule has 0 saturated carbocycles. The number of carboxylic acid groups (broad SMARTS) is 1. The number of aliphatic carboxylic acids is 1. The van der Waals surface area contributed by atoms with Crippen molar-refractivity contribution in [1.82, 2.24) is 0 Å². The number of carbonyl (C=O) groups excluding carboxylic acids is 1. The highest BCUT2D eigenvalue weighted by Crippen LogP contribution is 2.38. The van der Waals surface area contributed by atoms with E-state index in [1.54, 1.807) is 38.2 Å². The molecule has 3 rings (SSSR count). The van der Waals surface area contributed by atoms with E-state index < -0.39 is 141 Å². The minimum atomic E-state index is -2.35. The first-order chi connectivity index (χ1) is 30.6. The number of carbonyl (C=O) groups is 2. The fraction of sp³-hybridized carbons (Fsp3) is 0.702. The van der Waals surface area contributed by atoms with E-state index in [2.05, 4.69) is 0 Å². The van der Waals surface area contributed by atoms with Gasteiger partial charge in [-0.25, -0.2) is 0 Å². The van der Waals surface area contributed by atoms with Gasteiger partial charge in [-0.3, -0.25) is 9.59 Å². The summed E-state index contributed by atoms with van der Waals surface area (Å²) >= 11 is 0. The molecule has 2 fully saturated rings. The van der Waals surface area contributed by atoms with E-state index in [1.165, 1.54) is 13.0 Å². The number of carboxylic acids is 1. The van der Waals surface area contributed by atoms with Crippen LogP contribution in [0.3, 0.4) is 0 Å². The highest BCUT2D eigenvalue weighted by molar-refractivity contribution is 5.71. The van der Waals surface area contributed by atoms with Crippen LogP contribution >= 0.6 is 0 Å². The first-order valence-corrected chi connectivity index (χ1v) is 22.6. The van der Waals surface area contributed by atoms with Crippen molar-refractivity contribution in [3.05, 3.63) is 72.9 Å². The van der Waals surface area contributed by atoms with E-state index in [0.717, 1.165) is 12.8 Å². The first-order valence-electron chi connectivity index (χ1n) is 22.6. The van der Waals surface area contributed by atoms with Gasteiger partial charge < -0.3 is 80.9 Å². The van der Waals surface area contributed by atoms with Gasteiger partial charge in [-0.05, 0) is 52.4 Å². The third-order valence-electron chi connectivity index (χ3n) is 12.2. The molecule has 0 spiro atoms. The highest BCUT2D eigenvalue weighted by Gasteiger charge is 2.51. The van der Waals surface area contributed by atoms with Crippen molar-refractivity contribution in [3.8, 4) is 0 Å². The summed E-state index contributed by atoms with van der Waals surface area (Å²) in [6, 6.07) is -1.14. The monoisotopic (exact) mass is 926 g/mol. The molecule has 370 valence electrons. The van der Waals surface area contributed by atoms with E-state index in [4.69, 9.17) is 24.7 Å². The minimum absolute atomic E-state index is 0.138. The Morgan fingerprint density at radius 2 is 1.28 bits per heavy atom. The smallest absolute Gasteiger partial charge is 0.311 e. The van der Waals surface area contributed by atoms with Gasteiger partial charge in [-0.1, -0.05) is 86.8 Å². The summed E-state index contributed by atoms with van der Waals surface area (Å²) in [4.78, 5) is 25.1. The Kier molecular flexibility index (Phi) is 23.8. The van der Waals surface area contributed by atoms with Crippen LogP contribution in [-0.2, 0) is 28.5 Å². The van der Waals surface area contributed by atoms with Crippen LogP contribution in [0.25, 0.3) is 0 Å². The fourth-order valence-electron chi connectivity index (χ4n) is 8.11. The van der Waals surface area contributed by atoms with E-state index in [0.29, 0.717) is 0 Å². The lowest BCUT2D eigenvalue weighted by Crippen LogP contribution is -2.61. The van der Waals surface area contributed by atoms with Crippen LogP contribution in [0.5, 0.6) is 0 Å². The average molecular weight is 926 g/mol. The lowest BCUT2D eigenvalue weighted by atomic mass is 9.82. The van der Waals surface area contributed by atoms with Crippen molar-refractivity contribution in [2.24, 2.45) is 23.5 Å². The van der Waals surface area contributed by atoms with Crippen molar-refractivity contribution in [1.29, 1.82) is 0 Å². The highest BCUT2D eigenvalue weighted by atomic mass is 16.7. The molecule has 3 heterocycles. The number of aliphatic hydroxyl groups excluding tert-OH is 9. The normalized spacial score (nSPS) is 45.2. The van der Waals surface area contributed by atoms with Crippen LogP contribution in [0.1, 0.15) is 91.9 Å². The largest absolute Gasteiger partial charge is 0.481 e. The van der Waals surface area contributed by atoms with Gasteiger partial charge in [0.25, 0.3) is 0 Å². The zero-order valence-electron chi connectivity index (χ0n) is 37.8. The topological polar surface area (TPSA) is 320 Å². The molecule has 0 unspecified atom stereocenters. The Bertz CT molecular complexity index is 1620. The van der Waals surface area contributed by atoms with Crippen LogP contribution in [0.4, 0.5) is 0 Å². The van der Waals surface area contributed by atoms with Gasteiger partial charge in [0.15, 0.2) is 12.1 Å². The number of nitrogens with two attached hydrogens (primary N) is 1. The molecular formula is C47H75NO17. The van der Waals surface area contributed by atoms with Crippen LogP contribution in [0, 0.1) is 17.8 Å². The molecule has 65 heavy (non-hydrogen) atoms. The number of rotatable bonds is 3. The summed E-state index contributed by atoms with van der Waals surface area (Å²) in [5.74, 6) is -6.82. The number of esters is 1. The number of ether oxygens (including phenoxy) is 4. The van der Waals surface area contributed by atoms with E-state index in [1.807, 2.05) is 49.5 Å². The maximum absolute atomic E-state index is 12.6. The summed E-state index contributed by atoms with van der Waals surface area (Å²) in [5, 5.41) is 118. The molecular weight excluding hydrogens is 851 g/mol. The Labute approximate surface area is 381 Å². The van der Waals surface area contributed by atoms with Crippen LogP contribution in [0.15, 0.2) is 72.9 Å². The summed E-state index contributed by atoms with van der Waals surface area (Å²) in [6.07, 6.45) is 2.28. The van der Waals surface area contributed by atoms with Gasteiger partial charge in [0.1, 0.15) is 18.1 Å². The maximum Gasteiger partial charge on any atom is 0.311 e. The molecule has 2 bridgehead atoms. The fourth-order valence-corrected chi connectivity index (χ4v) is 8.11.